The number of carbonyl (C=O) groups excluding carboxylic acids is 1. The first-order chi connectivity index (χ1) is 8.41. The van der Waals surface area contributed by atoms with Gasteiger partial charge in [-0.05, 0) is 13.1 Å². The van der Waals surface area contributed by atoms with Crippen LogP contribution in [0.25, 0.3) is 0 Å². The molecule has 1 N–H and O–H groups in total. The Balaban J connectivity index is 0.00000137. The van der Waals surface area contributed by atoms with Crippen LogP contribution in [0.5, 0.6) is 0 Å². The van der Waals surface area contributed by atoms with Gasteiger partial charge in [0, 0.05) is 11.8 Å². The van der Waals surface area contributed by atoms with E-state index < -0.39 is 9.58 Å². The van der Waals surface area contributed by atoms with Crippen molar-refractivity contribution in [2.45, 2.75) is 24.6 Å². The summed E-state index contributed by atoms with van der Waals surface area (Å²) in [6.45, 7) is 9.27. The van der Waals surface area contributed by atoms with E-state index in [-0.39, 0.29) is 5.57 Å². The minimum absolute atomic E-state index is 0.270. The van der Waals surface area contributed by atoms with E-state index in [9.17, 15) is 4.79 Å². The number of rotatable bonds is 2. The number of ketones is 1. The number of Topliss-reactive ketones (excluding diaryl/α,β-unsaturated/α-hetero) is 1. The Hall–Kier alpha value is -0.770. The lowest BCUT2D eigenvalue weighted by Crippen LogP contribution is -2.25. The van der Waals surface area contributed by atoms with Crippen LogP contribution < -0.4 is 5.32 Å². The fraction of sp³-hybridized carbons (Fsp3) is 0.333. The molecule has 1 aliphatic rings. The van der Waals surface area contributed by atoms with E-state index in [1.54, 1.807) is 13.0 Å². The van der Waals surface area contributed by atoms with Crippen LogP contribution in [0, 0.1) is 0 Å². The molecule has 0 aromatic carbocycles. The number of amidine groups is 1. The second-order valence-electron chi connectivity index (χ2n) is 2.90. The average molecular weight is 310 g/mol. The molecule has 0 aliphatic carbocycles. The zero-order valence-electron chi connectivity index (χ0n) is 10.4. The Morgan fingerprint density at radius 2 is 2.00 bits per heavy atom. The third kappa shape index (κ3) is 4.16. The molecular formula is C12H15Cl3N2O. The molecule has 0 unspecified atom stereocenters. The summed E-state index contributed by atoms with van der Waals surface area (Å²) in [4.78, 5) is 15.8. The highest BCUT2D eigenvalue weighted by molar-refractivity contribution is 6.77. The van der Waals surface area contributed by atoms with Gasteiger partial charge in [-0.1, -0.05) is 61.3 Å². The smallest absolute Gasteiger partial charge is 0.253 e. The number of hydrogen-bond acceptors (Lipinski definition) is 3. The molecule has 1 aliphatic heterocycles. The Labute approximate surface area is 122 Å². The number of nitrogens with zero attached hydrogens (tertiary/aromatic N) is 1. The molecule has 3 nitrogen and oxygen atoms in total. The van der Waals surface area contributed by atoms with Crippen LogP contribution in [0.2, 0.25) is 0 Å². The van der Waals surface area contributed by atoms with E-state index in [1.807, 2.05) is 13.8 Å². The number of halogens is 3. The SMILES string of the molecule is C=CNC1=NC=C(C(=O)C(Cl)(Cl)Cl)/C1=C/C.CC. The van der Waals surface area contributed by atoms with Gasteiger partial charge in [0.2, 0.25) is 5.78 Å². The largest absolute Gasteiger partial charge is 0.347 e. The Kier molecular flexibility index (Phi) is 7.29. The van der Waals surface area contributed by atoms with Crippen molar-refractivity contribution >= 4 is 46.4 Å². The first kappa shape index (κ1) is 17.2. The molecular weight excluding hydrogens is 295 g/mol. The van der Waals surface area contributed by atoms with E-state index in [0.29, 0.717) is 11.4 Å². The number of hydrogen-bond donors (Lipinski definition) is 1. The summed E-state index contributed by atoms with van der Waals surface area (Å²) < 4.78 is -1.97. The van der Waals surface area contributed by atoms with Crippen molar-refractivity contribution in [3.8, 4) is 0 Å². The molecule has 0 aromatic heterocycles. The van der Waals surface area contributed by atoms with Gasteiger partial charge in [-0.25, -0.2) is 4.99 Å². The minimum atomic E-state index is -1.97. The molecule has 0 amide bonds. The van der Waals surface area contributed by atoms with Gasteiger partial charge >= 0.3 is 0 Å². The van der Waals surface area contributed by atoms with Crippen molar-refractivity contribution in [2.75, 3.05) is 0 Å². The lowest BCUT2D eigenvalue weighted by molar-refractivity contribution is -0.114. The Morgan fingerprint density at radius 3 is 2.39 bits per heavy atom. The summed E-state index contributed by atoms with van der Waals surface area (Å²) in [5, 5.41) is 2.79. The van der Waals surface area contributed by atoms with Gasteiger partial charge in [0.1, 0.15) is 5.84 Å². The van der Waals surface area contributed by atoms with Crippen LogP contribution in [0.3, 0.4) is 0 Å². The number of allylic oxidation sites excluding steroid dienone is 1. The maximum atomic E-state index is 11.8. The normalized spacial score (nSPS) is 16.4. The predicted molar refractivity (Wildman–Crippen MR) is 79.3 cm³/mol. The second-order valence-corrected chi connectivity index (χ2v) is 5.18. The lowest BCUT2D eigenvalue weighted by atomic mass is 10.0. The summed E-state index contributed by atoms with van der Waals surface area (Å²) in [7, 11) is 0. The maximum Gasteiger partial charge on any atom is 0.253 e. The van der Waals surface area contributed by atoms with E-state index >= 15 is 0 Å². The third-order valence-corrected chi connectivity index (χ3v) is 2.41. The van der Waals surface area contributed by atoms with Crippen LogP contribution in [0.4, 0.5) is 0 Å². The minimum Gasteiger partial charge on any atom is -0.347 e. The van der Waals surface area contributed by atoms with Crippen LogP contribution in [-0.4, -0.2) is 15.4 Å². The summed E-state index contributed by atoms with van der Waals surface area (Å²) in [6.07, 6.45) is 4.53. The molecule has 6 heteroatoms. The van der Waals surface area contributed by atoms with Gasteiger partial charge in [-0.3, -0.25) is 4.79 Å². The number of carbonyl (C=O) groups is 1. The first-order valence-corrected chi connectivity index (χ1v) is 6.49. The van der Waals surface area contributed by atoms with E-state index in [1.165, 1.54) is 12.4 Å². The quantitative estimate of drug-likeness (QED) is 0.785. The fourth-order valence-corrected chi connectivity index (χ4v) is 1.54. The summed E-state index contributed by atoms with van der Waals surface area (Å²) in [5.41, 5.74) is 0.864. The van der Waals surface area contributed by atoms with Crippen LogP contribution in [-0.2, 0) is 4.79 Å². The van der Waals surface area contributed by atoms with Crippen molar-refractivity contribution in [1.82, 2.24) is 5.32 Å². The highest BCUT2D eigenvalue weighted by Gasteiger charge is 2.36. The van der Waals surface area contributed by atoms with E-state index in [2.05, 4.69) is 16.9 Å². The van der Waals surface area contributed by atoms with Crippen LogP contribution in [0.15, 0.2) is 41.2 Å². The lowest BCUT2D eigenvalue weighted by Gasteiger charge is -2.12. The average Bonchev–Trinajstić information content (AvgIpc) is 2.72. The Bertz CT molecular complexity index is 418. The van der Waals surface area contributed by atoms with Crippen LogP contribution in [0.1, 0.15) is 20.8 Å². The molecule has 18 heavy (non-hydrogen) atoms. The first-order valence-electron chi connectivity index (χ1n) is 5.35. The molecule has 0 aromatic rings. The van der Waals surface area contributed by atoms with Gasteiger partial charge in [-0.2, -0.15) is 0 Å². The van der Waals surface area contributed by atoms with Crippen molar-refractivity contribution in [2.24, 2.45) is 4.99 Å². The zero-order chi connectivity index (χ0) is 14.3. The summed E-state index contributed by atoms with van der Waals surface area (Å²) in [6, 6.07) is 0. The fourth-order valence-electron chi connectivity index (χ4n) is 1.23. The van der Waals surface area contributed by atoms with Crippen molar-refractivity contribution in [3.63, 3.8) is 0 Å². The Morgan fingerprint density at radius 1 is 1.44 bits per heavy atom. The molecule has 1 heterocycles. The predicted octanol–water partition coefficient (Wildman–Crippen LogP) is 3.93. The highest BCUT2D eigenvalue weighted by atomic mass is 35.6. The van der Waals surface area contributed by atoms with Gasteiger partial charge in [0.15, 0.2) is 0 Å². The monoisotopic (exact) mass is 308 g/mol. The second kappa shape index (κ2) is 7.62. The zero-order valence-corrected chi connectivity index (χ0v) is 12.7. The van der Waals surface area contributed by atoms with E-state index in [4.69, 9.17) is 34.8 Å². The van der Waals surface area contributed by atoms with Crippen LogP contribution >= 0.6 is 34.8 Å². The van der Waals surface area contributed by atoms with E-state index in [0.717, 1.165) is 0 Å². The topological polar surface area (TPSA) is 41.5 Å². The molecule has 0 saturated heterocycles. The number of aliphatic imine (C=N–C) groups is 1. The molecule has 0 radical (unpaired) electrons. The maximum absolute atomic E-state index is 11.8. The molecule has 0 spiro atoms. The van der Waals surface area contributed by atoms with Gasteiger partial charge < -0.3 is 5.32 Å². The molecule has 0 atom stereocenters. The van der Waals surface area contributed by atoms with Crippen molar-refractivity contribution in [3.05, 3.63) is 36.2 Å². The summed E-state index contributed by atoms with van der Waals surface area (Å²) in [5.74, 6) is -0.0923. The molecule has 1 rings (SSSR count). The third-order valence-electron chi connectivity index (χ3n) is 1.90. The molecule has 0 saturated carbocycles. The highest BCUT2D eigenvalue weighted by Crippen LogP contribution is 2.34. The van der Waals surface area contributed by atoms with Gasteiger partial charge in [-0.15, -0.1) is 0 Å². The van der Waals surface area contributed by atoms with Gasteiger partial charge in [0.25, 0.3) is 3.79 Å². The number of nitrogens with one attached hydrogen (secondary N) is 1. The standard InChI is InChI=1S/C10H9Cl3N2O.C2H6/c1-3-6-7(8(16)10(11,12)13)5-15-9(6)14-4-2;1-2/h3-5H,2H2,1H3,(H,14,15);1-2H3/b6-3-;. The molecule has 0 fully saturated rings. The van der Waals surface area contributed by atoms with Gasteiger partial charge in [0.05, 0.1) is 5.57 Å². The van der Waals surface area contributed by atoms with Crippen molar-refractivity contribution in [1.29, 1.82) is 0 Å². The van der Waals surface area contributed by atoms with Crippen molar-refractivity contribution < 1.29 is 4.79 Å². The number of alkyl halides is 3. The summed E-state index contributed by atoms with van der Waals surface area (Å²) >= 11 is 16.6. The molecule has 100 valence electrons. The molecule has 0 bridgehead atoms.